The summed E-state index contributed by atoms with van der Waals surface area (Å²) in [6.45, 7) is 8.23. The molecule has 2 aromatic carbocycles. The van der Waals surface area contributed by atoms with Gasteiger partial charge in [-0.1, -0.05) is 57.2 Å². The molecule has 3 rings (SSSR count). The molecule has 134 valence electrons. The van der Waals surface area contributed by atoms with Crippen molar-refractivity contribution in [2.45, 2.75) is 40.3 Å². The maximum Gasteiger partial charge on any atom is 0.222 e. The fourth-order valence-electron chi connectivity index (χ4n) is 2.67. The van der Waals surface area contributed by atoms with Crippen LogP contribution in [0.1, 0.15) is 38.3 Å². The summed E-state index contributed by atoms with van der Waals surface area (Å²) in [7, 11) is 0. The Morgan fingerprint density at radius 1 is 0.920 bits per heavy atom. The topological polar surface area (TPSA) is 38.8 Å². The van der Waals surface area contributed by atoms with E-state index in [9.17, 15) is 4.79 Å². The van der Waals surface area contributed by atoms with Gasteiger partial charge in [-0.3, -0.25) is 4.79 Å². The second kappa shape index (κ2) is 9.72. The summed E-state index contributed by atoms with van der Waals surface area (Å²) in [6, 6.07) is 15.9. The molecule has 0 saturated heterocycles. The number of rotatable bonds is 5. The van der Waals surface area contributed by atoms with Crippen LogP contribution in [0.5, 0.6) is 11.5 Å². The van der Waals surface area contributed by atoms with E-state index in [0.29, 0.717) is 32.7 Å². The van der Waals surface area contributed by atoms with Gasteiger partial charge in [0.1, 0.15) is 13.2 Å². The first kappa shape index (κ1) is 18.8. The smallest absolute Gasteiger partial charge is 0.222 e. The number of benzene rings is 2. The summed E-state index contributed by atoms with van der Waals surface area (Å²) < 4.78 is 11.2. The Labute approximate surface area is 150 Å². The molecule has 0 radical (unpaired) electrons. The molecule has 1 aliphatic heterocycles. The Morgan fingerprint density at radius 2 is 1.56 bits per heavy atom. The molecule has 1 heterocycles. The largest absolute Gasteiger partial charge is 0.486 e. The number of amides is 1. The minimum Gasteiger partial charge on any atom is -0.486 e. The van der Waals surface area contributed by atoms with Crippen molar-refractivity contribution in [1.82, 2.24) is 4.90 Å². The third-order valence-electron chi connectivity index (χ3n) is 3.85. The monoisotopic (exact) mass is 341 g/mol. The van der Waals surface area contributed by atoms with E-state index in [0.717, 1.165) is 22.6 Å². The molecule has 2 aromatic rings. The number of fused-ring (bicyclic) bond motifs is 1. The van der Waals surface area contributed by atoms with Gasteiger partial charge < -0.3 is 14.4 Å². The fraction of sp³-hybridized carbons (Fsp3) is 0.381. The van der Waals surface area contributed by atoms with Crippen molar-refractivity contribution in [2.24, 2.45) is 0 Å². The molecule has 0 spiro atoms. The average Bonchev–Trinajstić information content (AvgIpc) is 2.69. The Bertz CT molecular complexity index is 670. The van der Waals surface area contributed by atoms with Gasteiger partial charge in [0.15, 0.2) is 11.5 Å². The van der Waals surface area contributed by atoms with Crippen LogP contribution in [0.3, 0.4) is 0 Å². The molecule has 0 fully saturated rings. The van der Waals surface area contributed by atoms with Gasteiger partial charge in [-0.2, -0.15) is 0 Å². The highest BCUT2D eigenvalue weighted by atomic mass is 16.6. The molecule has 1 amide bonds. The third kappa shape index (κ3) is 5.24. The van der Waals surface area contributed by atoms with E-state index in [-0.39, 0.29) is 5.91 Å². The van der Waals surface area contributed by atoms with E-state index in [1.54, 1.807) is 0 Å². The summed E-state index contributed by atoms with van der Waals surface area (Å²) in [6.07, 6.45) is 0.497. The van der Waals surface area contributed by atoms with Crippen LogP contribution in [0.4, 0.5) is 0 Å². The molecule has 0 saturated carbocycles. The second-order valence-electron chi connectivity index (χ2n) is 5.57. The van der Waals surface area contributed by atoms with Gasteiger partial charge in [-0.25, -0.2) is 0 Å². The second-order valence-corrected chi connectivity index (χ2v) is 5.57. The van der Waals surface area contributed by atoms with Crippen LogP contribution in [0.15, 0.2) is 48.5 Å². The number of hydrogen-bond donors (Lipinski definition) is 0. The Hall–Kier alpha value is -2.49. The van der Waals surface area contributed by atoms with E-state index in [1.165, 1.54) is 0 Å². The molecule has 0 atom stereocenters. The Morgan fingerprint density at radius 3 is 2.24 bits per heavy atom. The molecular weight excluding hydrogens is 314 g/mol. The number of carbonyl (C=O) groups excluding carboxylic acids is 1. The average molecular weight is 341 g/mol. The molecule has 4 nitrogen and oxygen atoms in total. The van der Waals surface area contributed by atoms with Crippen molar-refractivity contribution < 1.29 is 14.3 Å². The van der Waals surface area contributed by atoms with Crippen LogP contribution in [0.25, 0.3) is 0 Å². The maximum absolute atomic E-state index is 12.3. The number of hydrogen-bond acceptors (Lipinski definition) is 3. The van der Waals surface area contributed by atoms with Crippen LogP contribution >= 0.6 is 0 Å². The lowest BCUT2D eigenvalue weighted by atomic mass is 10.1. The quantitative estimate of drug-likeness (QED) is 0.808. The van der Waals surface area contributed by atoms with E-state index in [4.69, 9.17) is 9.47 Å². The summed E-state index contributed by atoms with van der Waals surface area (Å²) in [5, 5.41) is 0. The van der Waals surface area contributed by atoms with Crippen LogP contribution < -0.4 is 9.47 Å². The lowest BCUT2D eigenvalue weighted by Gasteiger charge is -2.24. The van der Waals surface area contributed by atoms with Crippen molar-refractivity contribution in [2.75, 3.05) is 13.2 Å². The predicted octanol–water partition coefficient (Wildman–Crippen LogP) is 4.42. The van der Waals surface area contributed by atoms with Crippen LogP contribution in [0.2, 0.25) is 0 Å². The molecule has 0 unspecified atom stereocenters. The predicted molar refractivity (Wildman–Crippen MR) is 99.8 cm³/mol. The normalized spacial score (nSPS) is 12.0. The van der Waals surface area contributed by atoms with Crippen molar-refractivity contribution in [3.63, 3.8) is 0 Å². The minimum absolute atomic E-state index is 0.142. The lowest BCUT2D eigenvalue weighted by molar-refractivity contribution is -0.132. The van der Waals surface area contributed by atoms with Gasteiger partial charge in [-0.15, -0.1) is 0 Å². The zero-order valence-corrected chi connectivity index (χ0v) is 15.3. The van der Waals surface area contributed by atoms with Gasteiger partial charge >= 0.3 is 0 Å². The molecule has 1 aliphatic rings. The zero-order valence-electron chi connectivity index (χ0n) is 15.3. The summed E-state index contributed by atoms with van der Waals surface area (Å²) in [4.78, 5) is 14.2. The first-order chi connectivity index (χ1) is 12.3. The number of ether oxygens (including phenoxy) is 2. The summed E-state index contributed by atoms with van der Waals surface area (Å²) in [5.74, 6) is 1.68. The maximum atomic E-state index is 12.3. The first-order valence-electron chi connectivity index (χ1n) is 8.96. The summed E-state index contributed by atoms with van der Waals surface area (Å²) >= 11 is 0. The van der Waals surface area contributed by atoms with Gasteiger partial charge in [0.25, 0.3) is 0 Å². The van der Waals surface area contributed by atoms with Crippen molar-refractivity contribution in [1.29, 1.82) is 0 Å². The Kier molecular flexibility index (Phi) is 7.33. The van der Waals surface area contributed by atoms with E-state index in [1.807, 2.05) is 74.2 Å². The van der Waals surface area contributed by atoms with Crippen molar-refractivity contribution in [3.05, 3.63) is 59.7 Å². The van der Waals surface area contributed by atoms with Crippen LogP contribution in [0, 0.1) is 0 Å². The first-order valence-corrected chi connectivity index (χ1v) is 8.96. The number of carbonyl (C=O) groups is 1. The highest BCUT2D eigenvalue weighted by molar-refractivity contribution is 5.75. The molecule has 0 aromatic heterocycles. The molecule has 0 N–H and O–H groups in total. The van der Waals surface area contributed by atoms with Crippen molar-refractivity contribution >= 4 is 5.91 Å². The molecule has 25 heavy (non-hydrogen) atoms. The van der Waals surface area contributed by atoms with Crippen LogP contribution in [-0.2, 0) is 17.9 Å². The van der Waals surface area contributed by atoms with E-state index in [2.05, 4.69) is 0 Å². The minimum atomic E-state index is 0.142. The van der Waals surface area contributed by atoms with E-state index < -0.39 is 0 Å². The molecule has 4 heteroatoms. The van der Waals surface area contributed by atoms with Gasteiger partial charge in [0, 0.05) is 19.5 Å². The lowest BCUT2D eigenvalue weighted by Crippen LogP contribution is -2.29. The number of nitrogens with zero attached hydrogens (tertiary/aromatic N) is 1. The van der Waals surface area contributed by atoms with E-state index >= 15 is 0 Å². The third-order valence-corrected chi connectivity index (χ3v) is 3.85. The zero-order chi connectivity index (χ0) is 18.1. The van der Waals surface area contributed by atoms with Gasteiger partial charge in [0.2, 0.25) is 5.91 Å². The highest BCUT2D eigenvalue weighted by Gasteiger charge is 2.16. The SMILES string of the molecule is CC.CCC(=O)N(Cc1ccccc1)Cc1ccc2c(c1)OCCO2. The summed E-state index contributed by atoms with van der Waals surface area (Å²) in [5.41, 5.74) is 2.18. The molecular formula is C21H27NO3. The van der Waals surface area contributed by atoms with Gasteiger partial charge in [0.05, 0.1) is 0 Å². The Balaban J connectivity index is 0.00000109. The van der Waals surface area contributed by atoms with Gasteiger partial charge in [-0.05, 0) is 23.3 Å². The van der Waals surface area contributed by atoms with Crippen molar-refractivity contribution in [3.8, 4) is 11.5 Å². The standard InChI is InChI=1S/C19H21NO3.C2H6/c1-2-19(21)20(13-15-6-4-3-5-7-15)14-16-8-9-17-18(12-16)23-11-10-22-17;1-2/h3-9,12H,2,10-11,13-14H2,1H3;1-2H3. The molecule has 0 aliphatic carbocycles. The van der Waals surface area contributed by atoms with Crippen LogP contribution in [-0.4, -0.2) is 24.0 Å². The fourth-order valence-corrected chi connectivity index (χ4v) is 2.67. The highest BCUT2D eigenvalue weighted by Crippen LogP contribution is 2.31. The molecule has 0 bridgehead atoms.